The lowest BCUT2D eigenvalue weighted by Crippen LogP contribution is -2.10. The summed E-state index contributed by atoms with van der Waals surface area (Å²) >= 11 is 5.86. The van der Waals surface area contributed by atoms with E-state index in [9.17, 15) is 0 Å². The number of nitrogens with two attached hydrogens (primary N) is 1. The van der Waals surface area contributed by atoms with Crippen LogP contribution in [0.1, 0.15) is 37.8 Å². The first-order valence-corrected chi connectivity index (χ1v) is 6.73. The van der Waals surface area contributed by atoms with Gasteiger partial charge in [0.1, 0.15) is 0 Å². The first-order chi connectivity index (χ1) is 6.65. The summed E-state index contributed by atoms with van der Waals surface area (Å²) in [5.74, 6) is 0. The molecule has 78 valence electrons. The van der Waals surface area contributed by atoms with Gasteiger partial charge in [-0.05, 0) is 52.8 Å². The van der Waals surface area contributed by atoms with E-state index < -0.39 is 0 Å². The zero-order valence-corrected chi connectivity index (χ0v) is 12.0. The zero-order valence-electron chi connectivity index (χ0n) is 8.26. The van der Waals surface area contributed by atoms with Crippen LogP contribution in [0.5, 0.6) is 0 Å². The van der Waals surface area contributed by atoms with Gasteiger partial charge in [-0.15, -0.1) is 0 Å². The summed E-state index contributed by atoms with van der Waals surface area (Å²) < 4.78 is 2.37. The van der Waals surface area contributed by atoms with Gasteiger partial charge in [0.2, 0.25) is 0 Å². The van der Waals surface area contributed by atoms with Gasteiger partial charge < -0.3 is 5.73 Å². The van der Waals surface area contributed by atoms with Crippen LogP contribution in [0.15, 0.2) is 22.7 Å². The standard InChI is InChI=1S/C11H15BrIN/c1-2-3-4-11(14)9-7-8(13)5-6-10(9)12/h5-7,11H,2-4,14H2,1H3. The van der Waals surface area contributed by atoms with E-state index in [1.54, 1.807) is 0 Å². The first kappa shape index (κ1) is 12.5. The maximum Gasteiger partial charge on any atom is 0.0306 e. The van der Waals surface area contributed by atoms with Crippen LogP contribution >= 0.6 is 38.5 Å². The molecule has 2 N–H and O–H groups in total. The van der Waals surface area contributed by atoms with Gasteiger partial charge in [-0.25, -0.2) is 0 Å². The van der Waals surface area contributed by atoms with E-state index in [0.29, 0.717) is 0 Å². The highest BCUT2D eigenvalue weighted by Crippen LogP contribution is 2.26. The third-order valence-electron chi connectivity index (χ3n) is 2.23. The number of hydrogen-bond donors (Lipinski definition) is 1. The SMILES string of the molecule is CCCCC(N)c1cc(I)ccc1Br. The molecule has 1 nitrogen and oxygen atoms in total. The van der Waals surface area contributed by atoms with Crippen molar-refractivity contribution in [2.75, 3.05) is 0 Å². The molecule has 0 amide bonds. The summed E-state index contributed by atoms with van der Waals surface area (Å²) in [7, 11) is 0. The van der Waals surface area contributed by atoms with E-state index in [1.165, 1.54) is 22.0 Å². The molecule has 0 saturated heterocycles. The Morgan fingerprint density at radius 3 is 2.86 bits per heavy atom. The Hall–Kier alpha value is 0.390. The minimum absolute atomic E-state index is 0.166. The Labute approximate surface area is 108 Å². The van der Waals surface area contributed by atoms with Crippen LogP contribution < -0.4 is 5.73 Å². The Balaban J connectivity index is 2.77. The van der Waals surface area contributed by atoms with E-state index in [4.69, 9.17) is 5.73 Å². The Morgan fingerprint density at radius 2 is 2.21 bits per heavy atom. The predicted octanol–water partition coefficient (Wildman–Crippen LogP) is 4.24. The summed E-state index contributed by atoms with van der Waals surface area (Å²) in [6.45, 7) is 2.19. The van der Waals surface area contributed by atoms with Crippen LogP contribution in [0, 0.1) is 3.57 Å². The van der Waals surface area contributed by atoms with Crippen molar-refractivity contribution < 1.29 is 0 Å². The third kappa shape index (κ3) is 3.51. The monoisotopic (exact) mass is 367 g/mol. The fraction of sp³-hybridized carbons (Fsp3) is 0.455. The van der Waals surface area contributed by atoms with Gasteiger partial charge in [-0.1, -0.05) is 35.7 Å². The fourth-order valence-corrected chi connectivity index (χ4v) is 2.43. The van der Waals surface area contributed by atoms with E-state index in [2.05, 4.69) is 63.6 Å². The molecular weight excluding hydrogens is 353 g/mol. The molecule has 1 unspecified atom stereocenters. The molecule has 0 fully saturated rings. The number of benzene rings is 1. The lowest BCUT2D eigenvalue weighted by atomic mass is 10.0. The van der Waals surface area contributed by atoms with Crippen molar-refractivity contribution in [1.29, 1.82) is 0 Å². The highest BCUT2D eigenvalue weighted by Gasteiger charge is 2.09. The fourth-order valence-electron chi connectivity index (χ4n) is 1.38. The second-order valence-electron chi connectivity index (χ2n) is 3.41. The Morgan fingerprint density at radius 1 is 1.50 bits per heavy atom. The maximum absolute atomic E-state index is 6.12. The van der Waals surface area contributed by atoms with Crippen molar-refractivity contribution in [3.05, 3.63) is 31.8 Å². The van der Waals surface area contributed by atoms with Crippen molar-refractivity contribution >= 4 is 38.5 Å². The molecule has 14 heavy (non-hydrogen) atoms. The quantitative estimate of drug-likeness (QED) is 0.791. The average molecular weight is 368 g/mol. The third-order valence-corrected chi connectivity index (χ3v) is 3.62. The summed E-state index contributed by atoms with van der Waals surface area (Å²) in [6, 6.07) is 6.48. The first-order valence-electron chi connectivity index (χ1n) is 4.85. The normalized spacial score (nSPS) is 12.9. The van der Waals surface area contributed by atoms with E-state index >= 15 is 0 Å². The van der Waals surface area contributed by atoms with E-state index in [1.807, 2.05) is 0 Å². The molecule has 0 aromatic heterocycles. The molecule has 0 aliphatic carbocycles. The van der Waals surface area contributed by atoms with Crippen LogP contribution in [0.2, 0.25) is 0 Å². The molecule has 1 aromatic carbocycles. The summed E-state index contributed by atoms with van der Waals surface area (Å²) in [4.78, 5) is 0. The molecule has 1 rings (SSSR count). The van der Waals surface area contributed by atoms with Gasteiger partial charge >= 0.3 is 0 Å². The minimum Gasteiger partial charge on any atom is -0.324 e. The highest BCUT2D eigenvalue weighted by atomic mass is 127. The van der Waals surface area contributed by atoms with Crippen molar-refractivity contribution in [3.63, 3.8) is 0 Å². The zero-order chi connectivity index (χ0) is 10.6. The minimum atomic E-state index is 0.166. The van der Waals surface area contributed by atoms with E-state index in [-0.39, 0.29) is 6.04 Å². The van der Waals surface area contributed by atoms with Gasteiger partial charge in [-0.3, -0.25) is 0 Å². The van der Waals surface area contributed by atoms with Gasteiger partial charge in [-0.2, -0.15) is 0 Å². The molecule has 3 heteroatoms. The smallest absolute Gasteiger partial charge is 0.0306 e. The molecular formula is C11H15BrIN. The molecule has 0 spiro atoms. The van der Waals surface area contributed by atoms with Gasteiger partial charge in [0, 0.05) is 14.1 Å². The van der Waals surface area contributed by atoms with Crippen molar-refractivity contribution in [2.24, 2.45) is 5.73 Å². The van der Waals surface area contributed by atoms with Crippen LogP contribution in [-0.4, -0.2) is 0 Å². The van der Waals surface area contributed by atoms with Crippen molar-refractivity contribution in [1.82, 2.24) is 0 Å². The molecule has 0 radical (unpaired) electrons. The van der Waals surface area contributed by atoms with Crippen LogP contribution in [0.4, 0.5) is 0 Å². The molecule has 0 saturated carbocycles. The summed E-state index contributed by atoms with van der Waals surface area (Å²) in [6.07, 6.45) is 3.46. The molecule has 0 bridgehead atoms. The lowest BCUT2D eigenvalue weighted by Gasteiger charge is -2.13. The van der Waals surface area contributed by atoms with Gasteiger partial charge in [0.05, 0.1) is 0 Å². The summed E-state index contributed by atoms with van der Waals surface area (Å²) in [5, 5.41) is 0. The number of rotatable bonds is 4. The second-order valence-corrected chi connectivity index (χ2v) is 5.51. The number of hydrogen-bond acceptors (Lipinski definition) is 1. The predicted molar refractivity (Wildman–Crippen MR) is 73.3 cm³/mol. The van der Waals surface area contributed by atoms with Crippen molar-refractivity contribution in [2.45, 2.75) is 32.2 Å². The molecule has 0 heterocycles. The van der Waals surface area contributed by atoms with Gasteiger partial charge in [0.15, 0.2) is 0 Å². The maximum atomic E-state index is 6.12. The largest absolute Gasteiger partial charge is 0.324 e. The Kier molecular flexibility index (Phi) is 5.41. The summed E-state index contributed by atoms with van der Waals surface area (Å²) in [5.41, 5.74) is 7.34. The van der Waals surface area contributed by atoms with Crippen LogP contribution in [-0.2, 0) is 0 Å². The van der Waals surface area contributed by atoms with Crippen LogP contribution in [0.25, 0.3) is 0 Å². The average Bonchev–Trinajstić information content (AvgIpc) is 2.18. The lowest BCUT2D eigenvalue weighted by molar-refractivity contribution is 0.601. The number of unbranched alkanes of at least 4 members (excludes halogenated alkanes) is 1. The van der Waals surface area contributed by atoms with Gasteiger partial charge in [0.25, 0.3) is 0 Å². The van der Waals surface area contributed by atoms with E-state index in [0.717, 1.165) is 10.9 Å². The molecule has 0 aliphatic rings. The topological polar surface area (TPSA) is 26.0 Å². The van der Waals surface area contributed by atoms with Crippen LogP contribution in [0.3, 0.4) is 0 Å². The molecule has 1 atom stereocenters. The highest BCUT2D eigenvalue weighted by molar-refractivity contribution is 14.1. The molecule has 1 aromatic rings. The second kappa shape index (κ2) is 6.08. The molecule has 0 aliphatic heterocycles. The van der Waals surface area contributed by atoms with Crippen molar-refractivity contribution in [3.8, 4) is 0 Å². The number of halogens is 2. The Bertz CT molecular complexity index is 301.